The van der Waals surface area contributed by atoms with E-state index in [0.29, 0.717) is 42.8 Å². The average Bonchev–Trinajstić information content (AvgIpc) is 2.70. The van der Waals surface area contributed by atoms with Crippen LogP contribution in [0.3, 0.4) is 0 Å². The molecule has 1 aromatic carbocycles. The smallest absolute Gasteiger partial charge is 0.310 e. The van der Waals surface area contributed by atoms with Crippen LogP contribution in [-0.4, -0.2) is 40.0 Å². The van der Waals surface area contributed by atoms with Crippen molar-refractivity contribution in [1.29, 1.82) is 0 Å². The largest absolute Gasteiger partial charge is 0.496 e. The number of carbonyl (C=O) groups is 1. The van der Waals surface area contributed by atoms with Gasteiger partial charge >= 0.3 is 5.97 Å². The molecule has 0 aliphatic heterocycles. The second kappa shape index (κ2) is 13.9. The lowest BCUT2D eigenvalue weighted by molar-refractivity contribution is -0.143. The molecule has 1 unspecified atom stereocenters. The summed E-state index contributed by atoms with van der Waals surface area (Å²) in [7, 11) is 3.25. The minimum Gasteiger partial charge on any atom is -0.496 e. The van der Waals surface area contributed by atoms with Crippen LogP contribution in [0.1, 0.15) is 45.2 Å². The highest BCUT2D eigenvalue weighted by atomic mass is 16.5. The molecule has 1 atom stereocenters. The number of esters is 1. The van der Waals surface area contributed by atoms with Crippen molar-refractivity contribution in [3.63, 3.8) is 0 Å². The van der Waals surface area contributed by atoms with Crippen molar-refractivity contribution in [2.75, 3.05) is 34.0 Å². The van der Waals surface area contributed by atoms with Gasteiger partial charge < -0.3 is 18.9 Å². The summed E-state index contributed by atoms with van der Waals surface area (Å²) in [6, 6.07) is 3.92. The van der Waals surface area contributed by atoms with E-state index in [9.17, 15) is 4.79 Å². The molecule has 5 heteroatoms. The molecule has 0 aliphatic carbocycles. The molecule has 0 heterocycles. The molecule has 1 rings (SSSR count). The van der Waals surface area contributed by atoms with Crippen molar-refractivity contribution >= 4 is 5.97 Å². The van der Waals surface area contributed by atoms with E-state index < -0.39 is 0 Å². The molecule has 168 valence electrons. The molecule has 0 aromatic heterocycles. The first-order chi connectivity index (χ1) is 14.3. The van der Waals surface area contributed by atoms with Gasteiger partial charge in [-0.05, 0) is 42.9 Å². The summed E-state index contributed by atoms with van der Waals surface area (Å²) >= 11 is 0. The molecule has 0 fully saturated rings. The van der Waals surface area contributed by atoms with Gasteiger partial charge in [0.15, 0.2) is 0 Å². The molecule has 1 aromatic rings. The number of hydrogen-bond donors (Lipinski definition) is 0. The highest BCUT2D eigenvalue weighted by Crippen LogP contribution is 2.34. The van der Waals surface area contributed by atoms with E-state index in [1.807, 2.05) is 38.1 Å². The summed E-state index contributed by atoms with van der Waals surface area (Å²) < 4.78 is 22.3. The number of ether oxygens (including phenoxy) is 4. The van der Waals surface area contributed by atoms with Crippen molar-refractivity contribution in [2.24, 2.45) is 11.8 Å². The number of aryl methyl sites for hydroxylation is 1. The lowest BCUT2D eigenvalue weighted by atomic mass is 9.98. The first-order valence-electron chi connectivity index (χ1n) is 10.6. The van der Waals surface area contributed by atoms with Crippen LogP contribution in [0.4, 0.5) is 0 Å². The van der Waals surface area contributed by atoms with Crippen LogP contribution >= 0.6 is 0 Å². The maximum atomic E-state index is 12.6. The van der Waals surface area contributed by atoms with Crippen molar-refractivity contribution in [2.45, 2.75) is 47.0 Å². The van der Waals surface area contributed by atoms with Gasteiger partial charge in [0, 0.05) is 18.6 Å². The van der Waals surface area contributed by atoms with Crippen molar-refractivity contribution < 1.29 is 23.7 Å². The van der Waals surface area contributed by atoms with E-state index >= 15 is 0 Å². The number of allylic oxidation sites excluding steroid dienone is 1. The Bertz CT molecular complexity index is 706. The maximum absolute atomic E-state index is 12.6. The second-order valence-corrected chi connectivity index (χ2v) is 8.00. The highest BCUT2D eigenvalue weighted by molar-refractivity contribution is 5.75. The van der Waals surface area contributed by atoms with Crippen LogP contribution in [0.2, 0.25) is 0 Å². The predicted molar refractivity (Wildman–Crippen MR) is 121 cm³/mol. The number of hydrogen-bond acceptors (Lipinski definition) is 5. The Kier molecular flexibility index (Phi) is 11.9. The molecule has 0 spiro atoms. The Morgan fingerprint density at radius 3 is 2.50 bits per heavy atom. The van der Waals surface area contributed by atoms with Gasteiger partial charge in [-0.25, -0.2) is 0 Å². The fourth-order valence-electron chi connectivity index (χ4n) is 3.09. The quantitative estimate of drug-likeness (QED) is 0.308. The van der Waals surface area contributed by atoms with E-state index in [2.05, 4.69) is 20.4 Å². The third-order valence-corrected chi connectivity index (χ3v) is 4.62. The Morgan fingerprint density at radius 1 is 1.17 bits per heavy atom. The van der Waals surface area contributed by atoms with E-state index in [0.717, 1.165) is 24.0 Å². The lowest BCUT2D eigenvalue weighted by Crippen LogP contribution is -2.15. The normalized spacial score (nSPS) is 12.2. The molecule has 0 saturated carbocycles. The van der Waals surface area contributed by atoms with Crippen molar-refractivity contribution in [3.8, 4) is 11.5 Å². The van der Waals surface area contributed by atoms with Gasteiger partial charge in [-0.3, -0.25) is 4.79 Å². The SMILES string of the molecule is C=C(COC)COc1ccc(CCC(C)C)c(OC)c1CC(=O)OCC(C)/C=C/C. The summed E-state index contributed by atoms with van der Waals surface area (Å²) in [5.41, 5.74) is 2.60. The molecule has 30 heavy (non-hydrogen) atoms. The standard InChI is InChI=1S/C25H38O5/c1-8-9-19(4)16-30-24(26)14-22-23(29-17-20(5)15-27-6)13-12-21(25(22)28-7)11-10-18(2)3/h8-9,12-13,18-19H,5,10-11,14-17H2,1-4,6-7H3/b9-8+. The first kappa shape index (κ1) is 25.8. The molecule has 5 nitrogen and oxygen atoms in total. The van der Waals surface area contributed by atoms with Crippen LogP contribution in [0.15, 0.2) is 36.4 Å². The molecular formula is C25H38O5. The van der Waals surface area contributed by atoms with Gasteiger partial charge in [0.1, 0.15) is 18.1 Å². The molecule has 0 radical (unpaired) electrons. The highest BCUT2D eigenvalue weighted by Gasteiger charge is 2.20. The third kappa shape index (κ3) is 9.04. The molecular weight excluding hydrogens is 380 g/mol. The van der Waals surface area contributed by atoms with Crippen LogP contribution in [0.25, 0.3) is 0 Å². The summed E-state index contributed by atoms with van der Waals surface area (Å²) in [4.78, 5) is 12.6. The van der Waals surface area contributed by atoms with Gasteiger partial charge in [0.2, 0.25) is 0 Å². The second-order valence-electron chi connectivity index (χ2n) is 8.00. The number of rotatable bonds is 14. The van der Waals surface area contributed by atoms with Crippen LogP contribution in [0.5, 0.6) is 11.5 Å². The number of benzene rings is 1. The van der Waals surface area contributed by atoms with Crippen LogP contribution in [0, 0.1) is 11.8 Å². The topological polar surface area (TPSA) is 54.0 Å². The Labute approximate surface area is 182 Å². The first-order valence-corrected chi connectivity index (χ1v) is 10.6. The number of carbonyl (C=O) groups excluding carboxylic acids is 1. The Morgan fingerprint density at radius 2 is 1.90 bits per heavy atom. The zero-order valence-corrected chi connectivity index (χ0v) is 19.5. The van der Waals surface area contributed by atoms with E-state index in [-0.39, 0.29) is 18.3 Å². The van der Waals surface area contributed by atoms with Crippen molar-refractivity contribution in [3.05, 3.63) is 47.6 Å². The van der Waals surface area contributed by atoms with E-state index in [4.69, 9.17) is 18.9 Å². The maximum Gasteiger partial charge on any atom is 0.310 e. The fourth-order valence-corrected chi connectivity index (χ4v) is 3.09. The lowest BCUT2D eigenvalue weighted by Gasteiger charge is -2.19. The zero-order valence-electron chi connectivity index (χ0n) is 19.5. The van der Waals surface area contributed by atoms with E-state index in [1.54, 1.807) is 14.2 Å². The molecule has 0 saturated heterocycles. The average molecular weight is 419 g/mol. The van der Waals surface area contributed by atoms with Crippen LogP contribution in [-0.2, 0) is 27.1 Å². The number of methoxy groups -OCH3 is 2. The predicted octanol–water partition coefficient (Wildman–Crippen LogP) is 5.16. The summed E-state index contributed by atoms with van der Waals surface area (Å²) in [5.74, 6) is 1.75. The summed E-state index contributed by atoms with van der Waals surface area (Å²) in [6.07, 6.45) is 5.96. The zero-order chi connectivity index (χ0) is 22.5. The van der Waals surface area contributed by atoms with Gasteiger partial charge in [-0.1, -0.05) is 45.6 Å². The molecule has 0 N–H and O–H groups in total. The molecule has 0 aliphatic rings. The monoisotopic (exact) mass is 418 g/mol. The Hall–Kier alpha value is -2.27. The minimum absolute atomic E-state index is 0.0906. The summed E-state index contributed by atoms with van der Waals surface area (Å²) in [5, 5.41) is 0. The molecule has 0 bridgehead atoms. The third-order valence-electron chi connectivity index (χ3n) is 4.62. The van der Waals surface area contributed by atoms with Gasteiger partial charge in [-0.2, -0.15) is 0 Å². The van der Waals surface area contributed by atoms with Crippen LogP contribution < -0.4 is 9.47 Å². The van der Waals surface area contributed by atoms with E-state index in [1.165, 1.54) is 0 Å². The molecule has 0 amide bonds. The minimum atomic E-state index is -0.300. The fraction of sp³-hybridized carbons (Fsp3) is 0.560. The van der Waals surface area contributed by atoms with Crippen molar-refractivity contribution in [1.82, 2.24) is 0 Å². The van der Waals surface area contributed by atoms with Gasteiger partial charge in [-0.15, -0.1) is 0 Å². The van der Waals surface area contributed by atoms with Gasteiger partial charge in [0.25, 0.3) is 0 Å². The van der Waals surface area contributed by atoms with Gasteiger partial charge in [0.05, 0.1) is 26.7 Å². The summed E-state index contributed by atoms with van der Waals surface area (Å²) in [6.45, 7) is 13.4. The Balaban J connectivity index is 3.08.